The van der Waals surface area contributed by atoms with Crippen LogP contribution in [0.5, 0.6) is 0 Å². The Labute approximate surface area is 142 Å². The number of hydrogen-bond acceptors (Lipinski definition) is 4. The Morgan fingerprint density at radius 1 is 0.826 bits per heavy atom. The van der Waals surface area contributed by atoms with E-state index in [2.05, 4.69) is 5.32 Å². The molecule has 0 spiro atoms. The summed E-state index contributed by atoms with van der Waals surface area (Å²) in [6, 6.07) is 0. The van der Waals surface area contributed by atoms with Gasteiger partial charge in [-0.15, -0.1) is 0 Å². The molecule has 0 aliphatic heterocycles. The minimum Gasteiger partial charge on any atom is -0.381 e. The van der Waals surface area contributed by atoms with Gasteiger partial charge in [0.15, 0.2) is 5.78 Å². The minimum atomic E-state index is 0.0765. The van der Waals surface area contributed by atoms with E-state index in [9.17, 15) is 9.59 Å². The summed E-state index contributed by atoms with van der Waals surface area (Å²) in [7, 11) is 0. The summed E-state index contributed by atoms with van der Waals surface area (Å²) in [6.07, 6.45) is 6.79. The standard InChI is InChI=1S/C16H31NO4.C2H6/c1-3-16(19)17-10-6-4-7-11-20-12-8-5-9-13-21-14-15(2)18;1-2/h3-14H2,1-2H3,(H,17,19);1-2H3. The van der Waals surface area contributed by atoms with Gasteiger partial charge in [-0.3, -0.25) is 9.59 Å². The van der Waals surface area contributed by atoms with Crippen LogP contribution in [0.3, 0.4) is 0 Å². The van der Waals surface area contributed by atoms with Crippen LogP contribution in [0, 0.1) is 0 Å². The highest BCUT2D eigenvalue weighted by Crippen LogP contribution is 1.99. The average molecular weight is 331 g/mol. The third-order valence-electron chi connectivity index (χ3n) is 2.99. The van der Waals surface area contributed by atoms with Crippen LogP contribution in [0.2, 0.25) is 0 Å². The van der Waals surface area contributed by atoms with Crippen LogP contribution in [0.4, 0.5) is 0 Å². The fourth-order valence-corrected chi connectivity index (χ4v) is 1.76. The van der Waals surface area contributed by atoms with Gasteiger partial charge in [0, 0.05) is 32.8 Å². The maximum absolute atomic E-state index is 11.0. The summed E-state index contributed by atoms with van der Waals surface area (Å²) >= 11 is 0. The van der Waals surface area contributed by atoms with Crippen molar-refractivity contribution in [1.82, 2.24) is 5.32 Å². The van der Waals surface area contributed by atoms with Gasteiger partial charge in [0.2, 0.25) is 5.91 Å². The molecule has 0 aromatic rings. The van der Waals surface area contributed by atoms with Crippen molar-refractivity contribution in [2.45, 2.75) is 72.6 Å². The zero-order valence-electron chi connectivity index (χ0n) is 15.6. The van der Waals surface area contributed by atoms with Crippen LogP contribution < -0.4 is 5.32 Å². The van der Waals surface area contributed by atoms with Crippen LogP contribution in [-0.2, 0) is 19.1 Å². The van der Waals surface area contributed by atoms with Gasteiger partial charge < -0.3 is 14.8 Å². The zero-order chi connectivity index (χ0) is 17.8. The Morgan fingerprint density at radius 2 is 1.35 bits per heavy atom. The van der Waals surface area contributed by atoms with E-state index in [1.807, 2.05) is 20.8 Å². The van der Waals surface area contributed by atoms with Gasteiger partial charge in [-0.05, 0) is 45.4 Å². The van der Waals surface area contributed by atoms with Gasteiger partial charge in [0.05, 0.1) is 0 Å². The second-order valence-electron chi connectivity index (χ2n) is 5.19. The molecule has 0 aliphatic carbocycles. The third-order valence-corrected chi connectivity index (χ3v) is 2.99. The number of rotatable bonds is 15. The van der Waals surface area contributed by atoms with E-state index in [0.29, 0.717) is 13.0 Å². The Bertz CT molecular complexity index is 270. The molecule has 0 rings (SSSR count). The van der Waals surface area contributed by atoms with Crippen molar-refractivity contribution in [2.24, 2.45) is 0 Å². The van der Waals surface area contributed by atoms with Crippen molar-refractivity contribution in [2.75, 3.05) is 33.0 Å². The summed E-state index contributed by atoms with van der Waals surface area (Å²) in [5.41, 5.74) is 0. The topological polar surface area (TPSA) is 64.6 Å². The number of ether oxygens (including phenoxy) is 2. The first-order valence-corrected chi connectivity index (χ1v) is 9.08. The van der Waals surface area contributed by atoms with Gasteiger partial charge in [0.1, 0.15) is 6.61 Å². The zero-order valence-corrected chi connectivity index (χ0v) is 15.6. The van der Waals surface area contributed by atoms with Crippen LogP contribution in [-0.4, -0.2) is 44.7 Å². The van der Waals surface area contributed by atoms with Gasteiger partial charge in [0.25, 0.3) is 0 Å². The SMILES string of the molecule is CC.CCC(=O)NCCCCCOCCCCCOCC(C)=O. The van der Waals surface area contributed by atoms with E-state index < -0.39 is 0 Å². The first-order valence-electron chi connectivity index (χ1n) is 9.08. The molecule has 138 valence electrons. The lowest BCUT2D eigenvalue weighted by Crippen LogP contribution is -2.23. The van der Waals surface area contributed by atoms with Gasteiger partial charge in [-0.1, -0.05) is 20.8 Å². The Hall–Kier alpha value is -0.940. The molecule has 0 radical (unpaired) electrons. The maximum Gasteiger partial charge on any atom is 0.219 e. The van der Waals surface area contributed by atoms with Gasteiger partial charge in [-0.25, -0.2) is 0 Å². The van der Waals surface area contributed by atoms with Crippen LogP contribution >= 0.6 is 0 Å². The lowest BCUT2D eigenvalue weighted by atomic mass is 10.2. The third kappa shape index (κ3) is 23.5. The number of nitrogens with one attached hydrogen (secondary N) is 1. The maximum atomic E-state index is 11.0. The van der Waals surface area contributed by atoms with Crippen molar-refractivity contribution in [3.63, 3.8) is 0 Å². The summed E-state index contributed by atoms with van der Waals surface area (Å²) in [5.74, 6) is 0.200. The van der Waals surface area contributed by atoms with Crippen LogP contribution in [0.25, 0.3) is 0 Å². The largest absolute Gasteiger partial charge is 0.381 e. The van der Waals surface area contributed by atoms with Crippen LogP contribution in [0.1, 0.15) is 72.6 Å². The van der Waals surface area contributed by atoms with E-state index in [1.165, 1.54) is 6.92 Å². The smallest absolute Gasteiger partial charge is 0.219 e. The molecule has 0 atom stereocenters. The molecule has 0 unspecified atom stereocenters. The molecule has 0 heterocycles. The Balaban J connectivity index is 0. The first-order chi connectivity index (χ1) is 11.2. The van der Waals surface area contributed by atoms with E-state index in [0.717, 1.165) is 58.3 Å². The summed E-state index contributed by atoms with van der Waals surface area (Å²) in [4.78, 5) is 21.6. The normalized spacial score (nSPS) is 9.91. The number of ketones is 1. The molecule has 1 amide bonds. The highest BCUT2D eigenvalue weighted by atomic mass is 16.5. The number of carbonyl (C=O) groups excluding carboxylic acids is 2. The molecule has 23 heavy (non-hydrogen) atoms. The van der Waals surface area contributed by atoms with E-state index in [4.69, 9.17) is 9.47 Å². The van der Waals surface area contributed by atoms with Gasteiger partial charge in [-0.2, -0.15) is 0 Å². The molecular weight excluding hydrogens is 294 g/mol. The Kier molecular flexibility index (Phi) is 22.3. The van der Waals surface area contributed by atoms with E-state index in [1.54, 1.807) is 0 Å². The lowest BCUT2D eigenvalue weighted by molar-refractivity contribution is -0.122. The Morgan fingerprint density at radius 3 is 1.87 bits per heavy atom. The number of carbonyl (C=O) groups is 2. The highest BCUT2D eigenvalue weighted by molar-refractivity contribution is 5.76. The number of Topliss-reactive ketones (excluding diaryl/α,β-unsaturated/α-hetero) is 1. The fourth-order valence-electron chi connectivity index (χ4n) is 1.76. The number of unbranched alkanes of at least 4 members (excludes halogenated alkanes) is 4. The van der Waals surface area contributed by atoms with Crippen molar-refractivity contribution in [3.05, 3.63) is 0 Å². The molecule has 5 nitrogen and oxygen atoms in total. The van der Waals surface area contributed by atoms with Gasteiger partial charge >= 0.3 is 0 Å². The van der Waals surface area contributed by atoms with E-state index >= 15 is 0 Å². The fraction of sp³-hybridized carbons (Fsp3) is 0.889. The molecule has 0 aromatic carbocycles. The molecule has 0 saturated carbocycles. The molecular formula is C18H37NO4. The summed E-state index contributed by atoms with van der Waals surface area (Å²) in [5, 5.41) is 2.86. The molecule has 0 saturated heterocycles. The first kappa shape index (κ1) is 24.3. The summed E-state index contributed by atoms with van der Waals surface area (Å²) < 4.78 is 10.7. The predicted octanol–water partition coefficient (Wildman–Crippen LogP) is 3.50. The second-order valence-corrected chi connectivity index (χ2v) is 5.19. The van der Waals surface area contributed by atoms with Crippen molar-refractivity contribution in [3.8, 4) is 0 Å². The monoisotopic (exact) mass is 331 g/mol. The quantitative estimate of drug-likeness (QED) is 0.466. The second kappa shape index (κ2) is 21.1. The average Bonchev–Trinajstić information content (AvgIpc) is 2.56. The van der Waals surface area contributed by atoms with Crippen molar-refractivity contribution in [1.29, 1.82) is 0 Å². The molecule has 5 heteroatoms. The predicted molar refractivity (Wildman–Crippen MR) is 94.7 cm³/mol. The van der Waals surface area contributed by atoms with E-state index in [-0.39, 0.29) is 18.3 Å². The molecule has 0 aromatic heterocycles. The minimum absolute atomic E-state index is 0.0765. The molecule has 0 aliphatic rings. The van der Waals surface area contributed by atoms with Crippen LogP contribution in [0.15, 0.2) is 0 Å². The van der Waals surface area contributed by atoms with Crippen molar-refractivity contribution < 1.29 is 19.1 Å². The van der Waals surface area contributed by atoms with Crippen molar-refractivity contribution >= 4 is 11.7 Å². The number of amides is 1. The highest BCUT2D eigenvalue weighted by Gasteiger charge is 1.96. The lowest BCUT2D eigenvalue weighted by Gasteiger charge is -2.05. The molecule has 0 bridgehead atoms. The number of hydrogen-bond donors (Lipinski definition) is 1. The summed E-state index contributed by atoms with van der Waals surface area (Å²) in [6.45, 7) is 10.6. The molecule has 1 N–H and O–H groups in total. The molecule has 0 fully saturated rings.